The Balaban J connectivity index is 1.78. The topological polar surface area (TPSA) is 60.2 Å². The molecule has 0 amide bonds. The summed E-state index contributed by atoms with van der Waals surface area (Å²) < 4.78 is 11.7. The Morgan fingerprint density at radius 3 is 3.17 bits per heavy atom. The molecule has 1 aliphatic heterocycles. The Morgan fingerprint density at radius 1 is 1.61 bits per heavy atom. The Labute approximate surface area is 117 Å². The zero-order chi connectivity index (χ0) is 12.5. The van der Waals surface area contributed by atoms with Crippen LogP contribution in [0.15, 0.2) is 20.4 Å². The van der Waals surface area contributed by atoms with Gasteiger partial charge in [-0.05, 0) is 28.4 Å². The van der Waals surface area contributed by atoms with Gasteiger partial charge in [0.1, 0.15) is 0 Å². The average molecular weight is 330 g/mol. The monoisotopic (exact) mass is 329 g/mol. The third kappa shape index (κ3) is 2.35. The van der Waals surface area contributed by atoms with Crippen LogP contribution in [0.3, 0.4) is 0 Å². The van der Waals surface area contributed by atoms with E-state index < -0.39 is 0 Å². The van der Waals surface area contributed by atoms with E-state index in [0.29, 0.717) is 11.7 Å². The Morgan fingerprint density at radius 2 is 2.50 bits per heavy atom. The minimum Gasteiger partial charge on any atom is -0.380 e. The highest BCUT2D eigenvalue weighted by atomic mass is 79.9. The number of rotatable bonds is 3. The van der Waals surface area contributed by atoms with Crippen molar-refractivity contribution in [3.63, 3.8) is 0 Å². The third-order valence-corrected chi connectivity index (χ3v) is 4.64. The number of hydrogen-bond donors (Lipinski definition) is 1. The van der Waals surface area contributed by atoms with E-state index in [9.17, 15) is 0 Å². The van der Waals surface area contributed by atoms with Crippen molar-refractivity contribution in [1.82, 2.24) is 15.5 Å². The molecule has 0 aliphatic carbocycles. The fourth-order valence-corrected chi connectivity index (χ4v) is 3.33. The molecule has 1 N–H and O–H groups in total. The molecular formula is C11H12BrN3O2S. The molecule has 96 valence electrons. The second-order valence-corrected chi connectivity index (χ2v) is 5.97. The highest BCUT2D eigenvalue weighted by Crippen LogP contribution is 2.30. The second-order valence-electron chi connectivity index (χ2n) is 4.14. The number of methoxy groups -OCH3 is 1. The van der Waals surface area contributed by atoms with E-state index in [-0.39, 0.29) is 12.1 Å². The smallest absolute Gasteiger partial charge is 0.244 e. The molecule has 0 bridgehead atoms. The number of hydrogen-bond acceptors (Lipinski definition) is 6. The molecule has 1 fully saturated rings. The number of nitrogens with one attached hydrogen (secondary N) is 1. The SMILES string of the molecule is COC1CNC(c2nc(-c3cc(Br)cs3)no2)C1. The first kappa shape index (κ1) is 12.3. The largest absolute Gasteiger partial charge is 0.380 e. The van der Waals surface area contributed by atoms with Gasteiger partial charge in [0.05, 0.1) is 17.0 Å². The molecule has 0 aromatic carbocycles. The minimum atomic E-state index is 0.0969. The van der Waals surface area contributed by atoms with Crippen LogP contribution in [0.5, 0.6) is 0 Å². The van der Waals surface area contributed by atoms with Crippen LogP contribution >= 0.6 is 27.3 Å². The predicted molar refractivity (Wildman–Crippen MR) is 71.5 cm³/mol. The zero-order valence-corrected chi connectivity index (χ0v) is 12.1. The van der Waals surface area contributed by atoms with E-state index in [0.717, 1.165) is 22.3 Å². The molecular weight excluding hydrogens is 318 g/mol. The summed E-state index contributed by atoms with van der Waals surface area (Å²) in [5.41, 5.74) is 0. The Hall–Kier alpha value is -0.760. The predicted octanol–water partition coefficient (Wildman–Crippen LogP) is 2.61. The van der Waals surface area contributed by atoms with E-state index in [1.54, 1.807) is 18.4 Å². The van der Waals surface area contributed by atoms with Gasteiger partial charge in [-0.25, -0.2) is 0 Å². The normalized spacial score (nSPS) is 23.7. The molecule has 2 aromatic rings. The van der Waals surface area contributed by atoms with Gasteiger partial charge in [0.15, 0.2) is 0 Å². The summed E-state index contributed by atoms with van der Waals surface area (Å²) in [4.78, 5) is 5.44. The molecule has 1 saturated heterocycles. The molecule has 0 saturated carbocycles. The first-order valence-electron chi connectivity index (χ1n) is 5.60. The molecule has 7 heteroatoms. The standard InChI is InChI=1S/C11H12BrN3O2S/c1-16-7-3-8(13-4-7)11-14-10(15-17-11)9-2-6(12)5-18-9/h2,5,7-8,13H,3-4H2,1H3. The van der Waals surface area contributed by atoms with E-state index in [1.165, 1.54) is 0 Å². The maximum absolute atomic E-state index is 5.32. The molecule has 5 nitrogen and oxygen atoms in total. The minimum absolute atomic E-state index is 0.0969. The Kier molecular flexibility index (Phi) is 3.47. The summed E-state index contributed by atoms with van der Waals surface area (Å²) in [7, 11) is 1.72. The Bertz CT molecular complexity index is 542. The maximum Gasteiger partial charge on any atom is 0.244 e. The van der Waals surface area contributed by atoms with E-state index in [2.05, 4.69) is 31.4 Å². The molecule has 0 radical (unpaired) electrons. The summed E-state index contributed by atoms with van der Waals surface area (Å²) in [6.45, 7) is 0.823. The summed E-state index contributed by atoms with van der Waals surface area (Å²) in [6.07, 6.45) is 1.09. The van der Waals surface area contributed by atoms with Gasteiger partial charge >= 0.3 is 0 Å². The van der Waals surface area contributed by atoms with Crippen molar-refractivity contribution in [2.45, 2.75) is 18.6 Å². The number of aromatic nitrogens is 2. The second kappa shape index (κ2) is 5.08. The van der Waals surface area contributed by atoms with Gasteiger partial charge in [-0.3, -0.25) is 0 Å². The summed E-state index contributed by atoms with van der Waals surface area (Å²) >= 11 is 5.00. The van der Waals surface area contributed by atoms with Crippen molar-refractivity contribution in [2.75, 3.05) is 13.7 Å². The van der Waals surface area contributed by atoms with E-state index >= 15 is 0 Å². The van der Waals surface area contributed by atoms with Crippen molar-refractivity contribution >= 4 is 27.3 Å². The fraction of sp³-hybridized carbons (Fsp3) is 0.455. The van der Waals surface area contributed by atoms with Crippen molar-refractivity contribution < 1.29 is 9.26 Å². The molecule has 3 rings (SSSR count). The lowest BCUT2D eigenvalue weighted by atomic mass is 10.2. The number of halogens is 1. The van der Waals surface area contributed by atoms with E-state index in [1.807, 2.05) is 11.4 Å². The molecule has 3 heterocycles. The average Bonchev–Trinajstić information content (AvgIpc) is 3.07. The van der Waals surface area contributed by atoms with Gasteiger partial charge in [0.25, 0.3) is 0 Å². The summed E-state index contributed by atoms with van der Waals surface area (Å²) in [5.74, 6) is 1.28. The molecule has 0 spiro atoms. The molecule has 2 unspecified atom stereocenters. The number of nitrogens with zero attached hydrogens (tertiary/aromatic N) is 2. The van der Waals surface area contributed by atoms with Crippen LogP contribution in [-0.2, 0) is 4.74 Å². The highest BCUT2D eigenvalue weighted by Gasteiger charge is 2.29. The molecule has 1 aliphatic rings. The van der Waals surface area contributed by atoms with Gasteiger partial charge in [0, 0.05) is 23.5 Å². The first-order valence-corrected chi connectivity index (χ1v) is 7.27. The van der Waals surface area contributed by atoms with Crippen LogP contribution in [0.1, 0.15) is 18.4 Å². The van der Waals surface area contributed by atoms with Gasteiger partial charge in [-0.15, -0.1) is 11.3 Å². The summed E-state index contributed by atoms with van der Waals surface area (Å²) in [5, 5.41) is 9.33. The first-order chi connectivity index (χ1) is 8.76. The van der Waals surface area contributed by atoms with Crippen LogP contribution < -0.4 is 5.32 Å². The maximum atomic E-state index is 5.32. The lowest BCUT2D eigenvalue weighted by Crippen LogP contribution is -2.16. The lowest BCUT2D eigenvalue weighted by Gasteiger charge is -2.04. The quantitative estimate of drug-likeness (QED) is 0.937. The highest BCUT2D eigenvalue weighted by molar-refractivity contribution is 9.10. The van der Waals surface area contributed by atoms with Gasteiger partial charge < -0.3 is 14.6 Å². The van der Waals surface area contributed by atoms with Crippen LogP contribution in [0.2, 0.25) is 0 Å². The fourth-order valence-electron chi connectivity index (χ4n) is 1.98. The van der Waals surface area contributed by atoms with Crippen LogP contribution in [0, 0.1) is 0 Å². The van der Waals surface area contributed by atoms with Gasteiger partial charge in [-0.1, -0.05) is 5.16 Å². The number of ether oxygens (including phenoxy) is 1. The van der Waals surface area contributed by atoms with E-state index in [4.69, 9.17) is 9.26 Å². The summed E-state index contributed by atoms with van der Waals surface area (Å²) in [6, 6.07) is 2.08. The van der Waals surface area contributed by atoms with Crippen LogP contribution in [0.25, 0.3) is 10.7 Å². The molecule has 2 aromatic heterocycles. The van der Waals surface area contributed by atoms with Crippen LogP contribution in [0.4, 0.5) is 0 Å². The van der Waals surface area contributed by atoms with Crippen molar-refractivity contribution in [2.24, 2.45) is 0 Å². The molecule has 2 atom stereocenters. The van der Waals surface area contributed by atoms with Gasteiger partial charge in [-0.2, -0.15) is 4.98 Å². The number of thiophene rings is 1. The van der Waals surface area contributed by atoms with Crippen LogP contribution in [-0.4, -0.2) is 29.9 Å². The van der Waals surface area contributed by atoms with Crippen molar-refractivity contribution in [3.05, 3.63) is 21.8 Å². The van der Waals surface area contributed by atoms with Crippen molar-refractivity contribution in [3.8, 4) is 10.7 Å². The van der Waals surface area contributed by atoms with Gasteiger partial charge in [0.2, 0.25) is 11.7 Å². The van der Waals surface area contributed by atoms with Crippen molar-refractivity contribution in [1.29, 1.82) is 0 Å². The molecule has 18 heavy (non-hydrogen) atoms. The lowest BCUT2D eigenvalue weighted by molar-refractivity contribution is 0.116. The zero-order valence-electron chi connectivity index (χ0n) is 9.72. The third-order valence-electron chi connectivity index (χ3n) is 2.95.